The molecule has 4 atom stereocenters. The fourth-order valence-corrected chi connectivity index (χ4v) is 2.84. The third-order valence-electron chi connectivity index (χ3n) is 3.95. The van der Waals surface area contributed by atoms with Crippen molar-refractivity contribution in [3.63, 3.8) is 0 Å². The maximum atomic E-state index is 12.0. The summed E-state index contributed by atoms with van der Waals surface area (Å²) in [6.45, 7) is 5.75. The van der Waals surface area contributed by atoms with Gasteiger partial charge < -0.3 is 24.1 Å². The normalized spacial score (nSPS) is 32.1. The van der Waals surface area contributed by atoms with Crippen LogP contribution in [-0.2, 0) is 30.3 Å². The molecule has 2 aliphatic heterocycles. The maximum Gasteiger partial charge on any atom is 0.309 e. The summed E-state index contributed by atoms with van der Waals surface area (Å²) in [6, 6.07) is 9.75. The Labute approximate surface area is 141 Å². The molecule has 3 rings (SSSR count). The number of aliphatic hydroxyl groups is 1. The van der Waals surface area contributed by atoms with Gasteiger partial charge in [-0.1, -0.05) is 30.3 Å². The van der Waals surface area contributed by atoms with Crippen LogP contribution >= 0.6 is 0 Å². The molecule has 0 unspecified atom stereocenters. The average molecular weight is 336 g/mol. The summed E-state index contributed by atoms with van der Waals surface area (Å²) in [7, 11) is 0. The largest absolute Gasteiger partial charge is 0.460 e. The highest BCUT2D eigenvalue weighted by atomic mass is 16.7. The van der Waals surface area contributed by atoms with Gasteiger partial charge >= 0.3 is 5.97 Å². The van der Waals surface area contributed by atoms with Crippen LogP contribution in [0.4, 0.5) is 0 Å². The van der Waals surface area contributed by atoms with Crippen molar-refractivity contribution in [2.45, 2.75) is 63.5 Å². The lowest BCUT2D eigenvalue weighted by Gasteiger charge is -2.32. The Hall–Kier alpha value is -1.47. The van der Waals surface area contributed by atoms with Gasteiger partial charge in [0.1, 0.15) is 23.4 Å². The average Bonchev–Trinajstić information content (AvgIpc) is 3.27. The number of ether oxygens (including phenoxy) is 4. The summed E-state index contributed by atoms with van der Waals surface area (Å²) < 4.78 is 22.1. The molecule has 0 amide bonds. The number of esters is 1. The Bertz CT molecular complexity index is 581. The molecule has 0 saturated carbocycles. The quantitative estimate of drug-likeness (QED) is 0.652. The summed E-state index contributed by atoms with van der Waals surface area (Å²) in [5, 5.41) is 10.6. The summed E-state index contributed by atoms with van der Waals surface area (Å²) in [6.07, 6.45) is -1.50. The first-order chi connectivity index (χ1) is 11.3. The van der Waals surface area contributed by atoms with Gasteiger partial charge in [0.05, 0.1) is 19.6 Å². The fraction of sp³-hybridized carbons (Fsp3) is 0.611. The molecule has 2 heterocycles. The lowest BCUT2D eigenvalue weighted by molar-refractivity contribution is -0.208. The minimum absolute atomic E-state index is 0.0210. The zero-order valence-corrected chi connectivity index (χ0v) is 14.2. The number of hydrogen-bond donors (Lipinski definition) is 1. The van der Waals surface area contributed by atoms with Crippen LogP contribution < -0.4 is 0 Å². The predicted molar refractivity (Wildman–Crippen MR) is 85.0 cm³/mol. The van der Waals surface area contributed by atoms with Crippen molar-refractivity contribution in [3.8, 4) is 0 Å². The van der Waals surface area contributed by atoms with Crippen LogP contribution in [0.25, 0.3) is 0 Å². The Morgan fingerprint density at radius 3 is 2.71 bits per heavy atom. The van der Waals surface area contributed by atoms with Gasteiger partial charge in [0.2, 0.25) is 0 Å². The lowest BCUT2D eigenvalue weighted by Crippen LogP contribution is -2.51. The topological polar surface area (TPSA) is 77.5 Å². The predicted octanol–water partition coefficient (Wildman–Crippen LogP) is 1.79. The van der Waals surface area contributed by atoms with E-state index in [1.54, 1.807) is 20.8 Å². The van der Waals surface area contributed by atoms with Crippen LogP contribution in [0.5, 0.6) is 0 Å². The van der Waals surface area contributed by atoms with Gasteiger partial charge in [0.25, 0.3) is 0 Å². The van der Waals surface area contributed by atoms with E-state index in [9.17, 15) is 9.90 Å². The number of epoxide rings is 1. The first kappa shape index (κ1) is 17.4. The standard InChI is InChI=1S/C18H24O6/c1-17(2,3)24-13(19)9-18(20)11-22-16(14-15(18)23-14)21-10-12-7-5-4-6-8-12/h4-8,14-16,20H,9-11H2,1-3H3/t14-,15+,16+,18-/m1/s1. The zero-order valence-electron chi connectivity index (χ0n) is 14.2. The summed E-state index contributed by atoms with van der Waals surface area (Å²) >= 11 is 0. The lowest BCUT2D eigenvalue weighted by atomic mass is 9.92. The van der Waals surface area contributed by atoms with E-state index in [-0.39, 0.29) is 19.1 Å². The second-order valence-corrected chi connectivity index (χ2v) is 7.36. The minimum atomic E-state index is -1.36. The number of benzene rings is 1. The molecule has 132 valence electrons. The SMILES string of the molecule is CC(C)(C)OC(=O)C[C@@]1(O)CO[C@H](OCc2ccccc2)[C@@H]2O[C@@H]21. The Balaban J connectivity index is 1.51. The third-order valence-corrected chi connectivity index (χ3v) is 3.95. The Morgan fingerprint density at radius 1 is 1.33 bits per heavy atom. The molecular weight excluding hydrogens is 312 g/mol. The molecule has 24 heavy (non-hydrogen) atoms. The molecular formula is C18H24O6. The van der Waals surface area contributed by atoms with Gasteiger partial charge in [0, 0.05) is 0 Å². The molecule has 2 saturated heterocycles. The highest BCUT2D eigenvalue weighted by Crippen LogP contribution is 2.43. The minimum Gasteiger partial charge on any atom is -0.460 e. The van der Waals surface area contributed by atoms with Gasteiger partial charge in [-0.25, -0.2) is 0 Å². The van der Waals surface area contributed by atoms with E-state index >= 15 is 0 Å². The van der Waals surface area contributed by atoms with Gasteiger partial charge in [0.15, 0.2) is 6.29 Å². The van der Waals surface area contributed by atoms with E-state index in [0.717, 1.165) is 5.56 Å². The number of fused-ring (bicyclic) bond motifs is 1. The van der Waals surface area contributed by atoms with Gasteiger partial charge in [-0.05, 0) is 26.3 Å². The first-order valence-corrected chi connectivity index (χ1v) is 8.14. The molecule has 0 bridgehead atoms. The highest BCUT2D eigenvalue weighted by Gasteiger charge is 2.63. The van der Waals surface area contributed by atoms with Crippen molar-refractivity contribution in [1.82, 2.24) is 0 Å². The molecule has 0 aliphatic carbocycles. The van der Waals surface area contributed by atoms with Crippen molar-refractivity contribution >= 4 is 5.97 Å². The Morgan fingerprint density at radius 2 is 2.04 bits per heavy atom. The van der Waals surface area contributed by atoms with Crippen LogP contribution in [0.15, 0.2) is 30.3 Å². The second-order valence-electron chi connectivity index (χ2n) is 7.36. The first-order valence-electron chi connectivity index (χ1n) is 8.14. The summed E-state index contributed by atoms with van der Waals surface area (Å²) in [4.78, 5) is 12.0. The Kier molecular flexibility index (Phi) is 4.66. The number of carbonyl (C=O) groups excluding carboxylic acids is 1. The highest BCUT2D eigenvalue weighted by molar-refractivity contribution is 5.71. The van der Waals surface area contributed by atoms with E-state index < -0.39 is 29.6 Å². The molecule has 0 aromatic heterocycles. The fourth-order valence-electron chi connectivity index (χ4n) is 2.84. The molecule has 1 aromatic carbocycles. The molecule has 2 fully saturated rings. The van der Waals surface area contributed by atoms with Crippen LogP contribution in [0, 0.1) is 0 Å². The number of carbonyl (C=O) groups is 1. The van der Waals surface area contributed by atoms with E-state index in [0.29, 0.717) is 6.61 Å². The van der Waals surface area contributed by atoms with Gasteiger partial charge in [-0.2, -0.15) is 0 Å². The summed E-state index contributed by atoms with van der Waals surface area (Å²) in [5.41, 5.74) is -0.916. The summed E-state index contributed by atoms with van der Waals surface area (Å²) in [5.74, 6) is -0.466. The molecule has 2 aliphatic rings. The van der Waals surface area contributed by atoms with E-state index in [4.69, 9.17) is 18.9 Å². The van der Waals surface area contributed by atoms with Gasteiger partial charge in [-0.3, -0.25) is 4.79 Å². The van der Waals surface area contributed by atoms with Crippen molar-refractivity contribution < 1.29 is 28.8 Å². The molecule has 6 nitrogen and oxygen atoms in total. The zero-order chi connectivity index (χ0) is 17.4. The van der Waals surface area contributed by atoms with Crippen LogP contribution in [-0.4, -0.2) is 47.4 Å². The molecule has 6 heteroatoms. The van der Waals surface area contributed by atoms with Gasteiger partial charge in [-0.15, -0.1) is 0 Å². The second kappa shape index (κ2) is 6.44. The molecule has 0 radical (unpaired) electrons. The number of rotatable bonds is 5. The molecule has 1 N–H and O–H groups in total. The smallest absolute Gasteiger partial charge is 0.309 e. The van der Waals surface area contributed by atoms with Crippen molar-refractivity contribution in [1.29, 1.82) is 0 Å². The number of hydrogen-bond acceptors (Lipinski definition) is 6. The van der Waals surface area contributed by atoms with Crippen molar-refractivity contribution in [3.05, 3.63) is 35.9 Å². The van der Waals surface area contributed by atoms with E-state index in [1.807, 2.05) is 30.3 Å². The van der Waals surface area contributed by atoms with Crippen LogP contribution in [0.3, 0.4) is 0 Å². The third kappa shape index (κ3) is 4.13. The van der Waals surface area contributed by atoms with Crippen LogP contribution in [0.1, 0.15) is 32.8 Å². The van der Waals surface area contributed by atoms with Crippen molar-refractivity contribution in [2.24, 2.45) is 0 Å². The van der Waals surface area contributed by atoms with Crippen molar-refractivity contribution in [2.75, 3.05) is 6.61 Å². The monoisotopic (exact) mass is 336 g/mol. The van der Waals surface area contributed by atoms with Crippen LogP contribution in [0.2, 0.25) is 0 Å². The maximum absolute atomic E-state index is 12.0. The molecule has 1 aromatic rings. The molecule has 0 spiro atoms. The van der Waals surface area contributed by atoms with E-state index in [2.05, 4.69) is 0 Å². The van der Waals surface area contributed by atoms with E-state index in [1.165, 1.54) is 0 Å².